The summed E-state index contributed by atoms with van der Waals surface area (Å²) in [6.45, 7) is 2.52. The highest BCUT2D eigenvalue weighted by atomic mass is 16.6. The maximum absolute atomic E-state index is 11.9. The van der Waals surface area contributed by atoms with Crippen molar-refractivity contribution in [3.8, 4) is 16.9 Å². The summed E-state index contributed by atoms with van der Waals surface area (Å²) in [4.78, 5) is 20.7. The van der Waals surface area contributed by atoms with Crippen LogP contribution in [-0.4, -0.2) is 42.4 Å². The van der Waals surface area contributed by atoms with Gasteiger partial charge in [-0.1, -0.05) is 18.2 Å². The molecule has 1 unspecified atom stereocenters. The molecule has 0 N–H and O–H groups in total. The highest BCUT2D eigenvalue weighted by Crippen LogP contribution is 2.42. The summed E-state index contributed by atoms with van der Waals surface area (Å²) >= 11 is 0. The molecule has 0 fully saturated rings. The van der Waals surface area contributed by atoms with Crippen molar-refractivity contribution >= 4 is 11.5 Å². The third kappa shape index (κ3) is 4.49. The molecule has 0 saturated carbocycles. The molecule has 0 spiro atoms. The Kier molecular flexibility index (Phi) is 6.38. The van der Waals surface area contributed by atoms with Crippen LogP contribution in [0.1, 0.15) is 23.7 Å². The van der Waals surface area contributed by atoms with Crippen LogP contribution in [0.5, 0.6) is 5.75 Å². The van der Waals surface area contributed by atoms with E-state index in [0.29, 0.717) is 19.6 Å². The van der Waals surface area contributed by atoms with E-state index in [0.717, 1.165) is 39.3 Å². The normalized spacial score (nSPS) is 14.1. The number of pyridine rings is 2. The zero-order valence-electron chi connectivity index (χ0n) is 17.6. The second-order valence-corrected chi connectivity index (χ2v) is 7.07. The van der Waals surface area contributed by atoms with Crippen molar-refractivity contribution in [3.63, 3.8) is 0 Å². The smallest absolute Gasteiger partial charge is 0.335 e. The average Bonchev–Trinajstić information content (AvgIpc) is 3.12. The SMILES string of the molecule is CCOC(=O)C(Cc1ccc(OCC=C2c3cnccc3-c3cccnc32)cc1)OC. The van der Waals surface area contributed by atoms with Gasteiger partial charge in [-0.25, -0.2) is 4.79 Å². The highest BCUT2D eigenvalue weighted by Gasteiger charge is 2.24. The fraction of sp³-hybridized carbons (Fsp3) is 0.240. The number of esters is 1. The third-order valence-corrected chi connectivity index (χ3v) is 5.18. The van der Waals surface area contributed by atoms with Crippen molar-refractivity contribution in [3.05, 3.63) is 84.0 Å². The van der Waals surface area contributed by atoms with Crippen molar-refractivity contribution in [2.45, 2.75) is 19.4 Å². The predicted molar refractivity (Wildman–Crippen MR) is 118 cm³/mol. The maximum atomic E-state index is 11.9. The second-order valence-electron chi connectivity index (χ2n) is 7.07. The van der Waals surface area contributed by atoms with Gasteiger partial charge in [0.15, 0.2) is 6.10 Å². The topological polar surface area (TPSA) is 70.5 Å². The van der Waals surface area contributed by atoms with Crippen LogP contribution in [0, 0.1) is 0 Å². The summed E-state index contributed by atoms with van der Waals surface area (Å²) in [6, 6.07) is 13.7. The summed E-state index contributed by atoms with van der Waals surface area (Å²) in [6.07, 6.45) is 7.34. The van der Waals surface area contributed by atoms with Gasteiger partial charge in [-0.2, -0.15) is 0 Å². The summed E-state index contributed by atoms with van der Waals surface area (Å²) in [7, 11) is 1.51. The molecule has 1 aromatic carbocycles. The molecule has 6 heteroatoms. The number of carbonyl (C=O) groups is 1. The van der Waals surface area contributed by atoms with Gasteiger partial charge < -0.3 is 14.2 Å². The van der Waals surface area contributed by atoms with Crippen molar-refractivity contribution < 1.29 is 19.0 Å². The van der Waals surface area contributed by atoms with Crippen LogP contribution in [0.3, 0.4) is 0 Å². The van der Waals surface area contributed by atoms with Gasteiger partial charge in [0.25, 0.3) is 0 Å². The summed E-state index contributed by atoms with van der Waals surface area (Å²) in [5, 5.41) is 0. The van der Waals surface area contributed by atoms with Crippen LogP contribution in [0.15, 0.2) is 67.1 Å². The number of nitrogens with zero attached hydrogens (tertiary/aromatic N) is 2. The summed E-state index contributed by atoms with van der Waals surface area (Å²) in [5.41, 5.74) is 6.29. The lowest BCUT2D eigenvalue weighted by atomic mass is 10.1. The molecule has 2 aromatic heterocycles. The van der Waals surface area contributed by atoms with Crippen LogP contribution in [-0.2, 0) is 20.7 Å². The zero-order chi connectivity index (χ0) is 21.6. The van der Waals surface area contributed by atoms with Gasteiger partial charge in [0.05, 0.1) is 12.3 Å². The highest BCUT2D eigenvalue weighted by molar-refractivity contribution is 5.99. The fourth-order valence-electron chi connectivity index (χ4n) is 3.67. The average molecular weight is 416 g/mol. The van der Waals surface area contributed by atoms with Crippen molar-refractivity contribution in [2.24, 2.45) is 0 Å². The standard InChI is InChI=1S/C25H24N2O4/c1-3-30-25(28)23(29-2)15-17-6-8-18(9-7-17)31-14-11-21-22-16-26-13-10-19(22)20-5-4-12-27-24(20)21/h4-13,16,23H,3,14-15H2,1-2H3. The third-order valence-electron chi connectivity index (χ3n) is 5.18. The Morgan fingerprint density at radius 3 is 2.68 bits per heavy atom. The Morgan fingerprint density at radius 2 is 1.90 bits per heavy atom. The van der Waals surface area contributed by atoms with Gasteiger partial charge in [0.2, 0.25) is 0 Å². The molecule has 1 aliphatic rings. The lowest BCUT2D eigenvalue weighted by Gasteiger charge is -2.14. The molecule has 0 radical (unpaired) electrons. The first-order chi connectivity index (χ1) is 15.2. The van der Waals surface area contributed by atoms with Crippen molar-refractivity contribution in [1.29, 1.82) is 0 Å². The molecule has 0 aliphatic heterocycles. The minimum atomic E-state index is -0.611. The van der Waals surface area contributed by atoms with E-state index < -0.39 is 6.10 Å². The summed E-state index contributed by atoms with van der Waals surface area (Å²) in [5.74, 6) is 0.397. The van der Waals surface area contributed by atoms with E-state index in [1.54, 1.807) is 19.3 Å². The predicted octanol–water partition coefficient (Wildman–Crippen LogP) is 4.09. The molecule has 3 aromatic rings. The van der Waals surface area contributed by atoms with E-state index in [1.165, 1.54) is 7.11 Å². The Bertz CT molecular complexity index is 1050. The number of hydrogen-bond donors (Lipinski definition) is 0. The molecule has 1 aliphatic carbocycles. The molecule has 0 saturated heterocycles. The maximum Gasteiger partial charge on any atom is 0.335 e. The number of ether oxygens (including phenoxy) is 3. The molecule has 0 amide bonds. The molecule has 6 nitrogen and oxygen atoms in total. The Hall–Kier alpha value is -3.51. The van der Waals surface area contributed by atoms with Crippen molar-refractivity contribution in [2.75, 3.05) is 20.3 Å². The number of methoxy groups -OCH3 is 1. The van der Waals surface area contributed by atoms with E-state index >= 15 is 0 Å². The molecule has 1 atom stereocenters. The zero-order valence-corrected chi connectivity index (χ0v) is 17.6. The minimum Gasteiger partial charge on any atom is -0.490 e. The quantitative estimate of drug-likeness (QED) is 0.403. The van der Waals surface area contributed by atoms with E-state index in [1.807, 2.05) is 48.7 Å². The van der Waals surface area contributed by atoms with Gasteiger partial charge in [-0.15, -0.1) is 0 Å². The molecule has 0 bridgehead atoms. The number of fused-ring (bicyclic) bond motifs is 3. The lowest BCUT2D eigenvalue weighted by molar-refractivity contribution is -0.154. The first-order valence-electron chi connectivity index (χ1n) is 10.2. The van der Waals surface area contributed by atoms with Crippen LogP contribution in [0.4, 0.5) is 0 Å². The Balaban J connectivity index is 1.42. The molecule has 158 valence electrons. The summed E-state index contributed by atoms with van der Waals surface area (Å²) < 4.78 is 16.2. The fourth-order valence-corrected chi connectivity index (χ4v) is 3.67. The van der Waals surface area contributed by atoms with Gasteiger partial charge in [-0.05, 0) is 48.4 Å². The lowest BCUT2D eigenvalue weighted by Crippen LogP contribution is -2.27. The molecule has 2 heterocycles. The monoisotopic (exact) mass is 416 g/mol. The Labute approximate surface area is 181 Å². The number of aromatic nitrogens is 2. The molecular formula is C25H24N2O4. The van der Waals surface area contributed by atoms with Crippen LogP contribution < -0.4 is 4.74 Å². The van der Waals surface area contributed by atoms with Gasteiger partial charge in [-0.3, -0.25) is 9.97 Å². The van der Waals surface area contributed by atoms with Gasteiger partial charge in [0.1, 0.15) is 12.4 Å². The molecular weight excluding hydrogens is 392 g/mol. The van der Waals surface area contributed by atoms with Gasteiger partial charge in [0, 0.05) is 48.8 Å². The van der Waals surface area contributed by atoms with Crippen molar-refractivity contribution in [1.82, 2.24) is 9.97 Å². The minimum absolute atomic E-state index is 0.335. The number of benzene rings is 1. The van der Waals surface area contributed by atoms with Gasteiger partial charge >= 0.3 is 5.97 Å². The first-order valence-corrected chi connectivity index (χ1v) is 10.2. The number of hydrogen-bond acceptors (Lipinski definition) is 6. The van der Waals surface area contributed by atoms with E-state index in [9.17, 15) is 4.79 Å². The second kappa shape index (κ2) is 9.53. The first kappa shape index (κ1) is 20.8. The van der Waals surface area contributed by atoms with Crippen LogP contribution >= 0.6 is 0 Å². The molecule has 4 rings (SSSR count). The van der Waals surface area contributed by atoms with Crippen LogP contribution in [0.2, 0.25) is 0 Å². The number of carbonyl (C=O) groups excluding carboxylic acids is 1. The molecule has 31 heavy (non-hydrogen) atoms. The largest absolute Gasteiger partial charge is 0.490 e. The van der Waals surface area contributed by atoms with E-state index in [4.69, 9.17) is 14.2 Å². The van der Waals surface area contributed by atoms with E-state index in [-0.39, 0.29) is 5.97 Å². The van der Waals surface area contributed by atoms with E-state index in [2.05, 4.69) is 16.0 Å². The Morgan fingerprint density at radius 1 is 1.06 bits per heavy atom. The number of rotatable bonds is 8. The van der Waals surface area contributed by atoms with Crippen LogP contribution in [0.25, 0.3) is 16.7 Å².